The normalized spacial score (nSPS) is 20.7. The molecule has 2 unspecified atom stereocenters. The molecule has 18 heavy (non-hydrogen) atoms. The van der Waals surface area contributed by atoms with Crippen LogP contribution in [-0.4, -0.2) is 23.9 Å². The number of hydrogen-bond donors (Lipinski definition) is 0. The maximum atomic E-state index is 11.9. The van der Waals surface area contributed by atoms with Gasteiger partial charge in [-0.15, -0.1) is 0 Å². The zero-order valence-electron chi connectivity index (χ0n) is 10.8. The number of carbonyl (C=O) groups excluding carboxylic acids is 1. The van der Waals surface area contributed by atoms with Gasteiger partial charge in [0.1, 0.15) is 6.04 Å². The molecule has 0 aromatic heterocycles. The Kier molecular flexibility index (Phi) is 4.03. The van der Waals surface area contributed by atoms with Gasteiger partial charge in [-0.2, -0.15) is 0 Å². The van der Waals surface area contributed by atoms with Gasteiger partial charge in [-0.05, 0) is 17.9 Å². The van der Waals surface area contributed by atoms with E-state index < -0.39 is 0 Å². The Morgan fingerprint density at radius 1 is 1.28 bits per heavy atom. The second-order valence-electron chi connectivity index (χ2n) is 4.67. The quantitative estimate of drug-likeness (QED) is 0.800. The monoisotopic (exact) mass is 242 g/mol. The zero-order chi connectivity index (χ0) is 13.0. The molecule has 0 N–H and O–H groups in total. The summed E-state index contributed by atoms with van der Waals surface area (Å²) in [4.78, 5) is 20.4. The second-order valence-corrected chi connectivity index (χ2v) is 4.67. The molecule has 0 saturated carbocycles. The van der Waals surface area contributed by atoms with Crippen LogP contribution in [0.4, 0.5) is 0 Å². The van der Waals surface area contributed by atoms with E-state index in [1.54, 1.807) is 6.21 Å². The molecule has 1 amide bonds. The number of aliphatic imine (C=N–C) groups is 2. The van der Waals surface area contributed by atoms with Gasteiger partial charge < -0.3 is 0 Å². The maximum absolute atomic E-state index is 11.9. The fourth-order valence-corrected chi connectivity index (χ4v) is 1.88. The summed E-state index contributed by atoms with van der Waals surface area (Å²) < 4.78 is 0. The van der Waals surface area contributed by atoms with Crippen molar-refractivity contribution in [2.45, 2.75) is 32.7 Å². The Morgan fingerprint density at radius 3 is 2.61 bits per heavy atom. The highest BCUT2D eigenvalue weighted by molar-refractivity contribution is 6.35. The molecule has 3 nitrogen and oxygen atoms in total. The van der Waals surface area contributed by atoms with Crippen LogP contribution in [0.3, 0.4) is 0 Å². The minimum atomic E-state index is -0.347. The van der Waals surface area contributed by atoms with Gasteiger partial charge in [0, 0.05) is 12.6 Å². The van der Waals surface area contributed by atoms with Crippen molar-refractivity contribution in [1.29, 1.82) is 0 Å². The number of rotatable bonds is 4. The van der Waals surface area contributed by atoms with Crippen molar-refractivity contribution < 1.29 is 4.79 Å². The SMILES string of the molecule is CCC(C)C1=NC(=O)C(Cc2ccccc2)N=C1. The molecule has 1 heterocycles. The summed E-state index contributed by atoms with van der Waals surface area (Å²) in [6.45, 7) is 4.15. The van der Waals surface area contributed by atoms with Gasteiger partial charge in [-0.25, -0.2) is 4.99 Å². The molecule has 0 spiro atoms. The average molecular weight is 242 g/mol. The van der Waals surface area contributed by atoms with Crippen LogP contribution in [0.15, 0.2) is 40.3 Å². The predicted octanol–water partition coefficient (Wildman–Crippen LogP) is 2.70. The van der Waals surface area contributed by atoms with Gasteiger partial charge >= 0.3 is 0 Å². The van der Waals surface area contributed by atoms with E-state index in [0.717, 1.165) is 17.7 Å². The van der Waals surface area contributed by atoms with Crippen LogP contribution in [0, 0.1) is 5.92 Å². The number of nitrogens with zero attached hydrogens (tertiary/aromatic N) is 2. The van der Waals surface area contributed by atoms with E-state index in [4.69, 9.17) is 0 Å². The highest BCUT2D eigenvalue weighted by atomic mass is 16.1. The number of amides is 1. The lowest BCUT2D eigenvalue weighted by Crippen LogP contribution is -2.28. The van der Waals surface area contributed by atoms with E-state index in [0.29, 0.717) is 12.3 Å². The van der Waals surface area contributed by atoms with E-state index in [-0.39, 0.29) is 11.9 Å². The second kappa shape index (κ2) is 5.71. The molecule has 1 aliphatic heterocycles. The summed E-state index contributed by atoms with van der Waals surface area (Å²) in [5.74, 6) is 0.187. The molecule has 0 saturated heterocycles. The number of carbonyl (C=O) groups is 1. The molecule has 1 aromatic rings. The van der Waals surface area contributed by atoms with Gasteiger partial charge in [-0.3, -0.25) is 9.79 Å². The number of hydrogen-bond acceptors (Lipinski definition) is 2. The third-order valence-electron chi connectivity index (χ3n) is 3.30. The van der Waals surface area contributed by atoms with Gasteiger partial charge in [-0.1, -0.05) is 44.2 Å². The van der Waals surface area contributed by atoms with Crippen LogP contribution >= 0.6 is 0 Å². The Bertz CT molecular complexity index is 477. The summed E-state index contributed by atoms with van der Waals surface area (Å²) in [7, 11) is 0. The van der Waals surface area contributed by atoms with Gasteiger partial charge in [0.15, 0.2) is 0 Å². The zero-order valence-corrected chi connectivity index (χ0v) is 10.8. The summed E-state index contributed by atoms with van der Waals surface area (Å²) in [5, 5.41) is 0. The summed E-state index contributed by atoms with van der Waals surface area (Å²) >= 11 is 0. The molecule has 0 radical (unpaired) electrons. The fraction of sp³-hybridized carbons (Fsp3) is 0.400. The molecule has 2 atom stereocenters. The first kappa shape index (κ1) is 12.7. The lowest BCUT2D eigenvalue weighted by Gasteiger charge is -2.16. The standard InChI is InChI=1S/C15H18N2O/c1-3-11(2)14-10-16-13(15(18)17-14)9-12-7-5-4-6-8-12/h4-8,10-11,13H,3,9H2,1-2H3. The van der Waals surface area contributed by atoms with E-state index in [9.17, 15) is 4.79 Å². The molecule has 0 bridgehead atoms. The molecule has 94 valence electrons. The highest BCUT2D eigenvalue weighted by Crippen LogP contribution is 2.13. The van der Waals surface area contributed by atoms with E-state index in [1.807, 2.05) is 30.3 Å². The van der Waals surface area contributed by atoms with Crippen molar-refractivity contribution >= 4 is 17.8 Å². The molecule has 2 rings (SSSR count). The summed E-state index contributed by atoms with van der Waals surface area (Å²) in [6, 6.07) is 9.59. The molecule has 0 aliphatic carbocycles. The maximum Gasteiger partial charge on any atom is 0.271 e. The third kappa shape index (κ3) is 2.92. The van der Waals surface area contributed by atoms with Gasteiger partial charge in [0.25, 0.3) is 5.91 Å². The fourth-order valence-electron chi connectivity index (χ4n) is 1.88. The first-order valence-electron chi connectivity index (χ1n) is 6.40. The Morgan fingerprint density at radius 2 is 2.00 bits per heavy atom. The predicted molar refractivity (Wildman–Crippen MR) is 74.3 cm³/mol. The van der Waals surface area contributed by atoms with Crippen LogP contribution in [-0.2, 0) is 11.2 Å². The molecule has 0 fully saturated rings. The van der Waals surface area contributed by atoms with Crippen molar-refractivity contribution in [1.82, 2.24) is 0 Å². The van der Waals surface area contributed by atoms with Crippen molar-refractivity contribution in [2.24, 2.45) is 15.9 Å². The van der Waals surface area contributed by atoms with Crippen molar-refractivity contribution in [3.05, 3.63) is 35.9 Å². The highest BCUT2D eigenvalue weighted by Gasteiger charge is 2.22. The minimum Gasteiger partial charge on any atom is -0.278 e. The van der Waals surface area contributed by atoms with Crippen LogP contribution < -0.4 is 0 Å². The molecule has 1 aromatic carbocycles. The van der Waals surface area contributed by atoms with Crippen LogP contribution in [0.1, 0.15) is 25.8 Å². The third-order valence-corrected chi connectivity index (χ3v) is 3.30. The lowest BCUT2D eigenvalue weighted by molar-refractivity contribution is -0.119. The first-order chi connectivity index (χ1) is 8.70. The van der Waals surface area contributed by atoms with Crippen LogP contribution in [0.2, 0.25) is 0 Å². The Hall–Kier alpha value is -1.77. The Labute approximate surface area is 108 Å². The van der Waals surface area contributed by atoms with Crippen molar-refractivity contribution in [3.63, 3.8) is 0 Å². The van der Waals surface area contributed by atoms with Gasteiger partial charge in [0.2, 0.25) is 0 Å². The molecule has 3 heteroatoms. The lowest BCUT2D eigenvalue weighted by atomic mass is 10.0. The largest absolute Gasteiger partial charge is 0.278 e. The Balaban J connectivity index is 2.05. The topological polar surface area (TPSA) is 41.8 Å². The van der Waals surface area contributed by atoms with Crippen LogP contribution in [0.25, 0.3) is 0 Å². The average Bonchev–Trinajstić information content (AvgIpc) is 2.41. The van der Waals surface area contributed by atoms with E-state index in [1.165, 1.54) is 0 Å². The molecular weight excluding hydrogens is 224 g/mol. The minimum absolute atomic E-state index is 0.114. The van der Waals surface area contributed by atoms with Gasteiger partial charge in [0.05, 0.1) is 5.71 Å². The van der Waals surface area contributed by atoms with Crippen molar-refractivity contribution in [3.8, 4) is 0 Å². The number of benzene rings is 1. The first-order valence-corrected chi connectivity index (χ1v) is 6.40. The summed E-state index contributed by atoms with van der Waals surface area (Å²) in [6.07, 6.45) is 3.37. The van der Waals surface area contributed by atoms with E-state index >= 15 is 0 Å². The van der Waals surface area contributed by atoms with E-state index in [2.05, 4.69) is 23.8 Å². The summed E-state index contributed by atoms with van der Waals surface area (Å²) in [5.41, 5.74) is 1.93. The van der Waals surface area contributed by atoms with Crippen LogP contribution in [0.5, 0.6) is 0 Å². The molecular formula is C15H18N2O. The van der Waals surface area contributed by atoms with Crippen molar-refractivity contribution in [2.75, 3.05) is 0 Å². The smallest absolute Gasteiger partial charge is 0.271 e. The molecule has 1 aliphatic rings.